The summed E-state index contributed by atoms with van der Waals surface area (Å²) in [5.74, 6) is 0. The highest BCUT2D eigenvalue weighted by atomic mass is 32.2. The number of H-pyrrole nitrogens is 1. The summed E-state index contributed by atoms with van der Waals surface area (Å²) < 4.78 is 26.2. The van der Waals surface area contributed by atoms with Gasteiger partial charge < -0.3 is 4.98 Å². The van der Waals surface area contributed by atoms with Crippen molar-refractivity contribution in [3.63, 3.8) is 0 Å². The first kappa shape index (κ1) is 12.4. The molecule has 2 aromatic heterocycles. The maximum Gasteiger partial charge on any atom is 0.305 e. The number of hydrogen-bond donors (Lipinski definition) is 2. The quantitative estimate of drug-likeness (QED) is 0.866. The summed E-state index contributed by atoms with van der Waals surface area (Å²) >= 11 is 2.04. The number of thiazole rings is 2. The third-order valence-electron chi connectivity index (χ3n) is 1.92. The molecule has 92 valence electrons. The van der Waals surface area contributed by atoms with Crippen molar-refractivity contribution in [3.05, 3.63) is 31.9 Å². The molecule has 0 spiro atoms. The van der Waals surface area contributed by atoms with Gasteiger partial charge in [0, 0.05) is 17.3 Å². The van der Waals surface area contributed by atoms with Gasteiger partial charge in [-0.2, -0.15) is 0 Å². The first-order chi connectivity index (χ1) is 7.99. The van der Waals surface area contributed by atoms with E-state index in [0.717, 1.165) is 0 Å². The van der Waals surface area contributed by atoms with E-state index in [4.69, 9.17) is 0 Å². The van der Waals surface area contributed by atoms with Crippen LogP contribution in [0.1, 0.15) is 10.7 Å². The van der Waals surface area contributed by atoms with E-state index in [1.807, 2.05) is 0 Å². The van der Waals surface area contributed by atoms with E-state index in [-0.39, 0.29) is 15.6 Å². The van der Waals surface area contributed by atoms with Gasteiger partial charge in [0.05, 0.1) is 6.54 Å². The summed E-state index contributed by atoms with van der Waals surface area (Å²) in [6, 6.07) is 0. The molecule has 2 rings (SSSR count). The molecule has 0 atom stereocenters. The van der Waals surface area contributed by atoms with Crippen LogP contribution in [0.2, 0.25) is 0 Å². The highest BCUT2D eigenvalue weighted by Crippen LogP contribution is 2.16. The van der Waals surface area contributed by atoms with Crippen molar-refractivity contribution in [1.82, 2.24) is 14.7 Å². The molecule has 0 aliphatic rings. The summed E-state index contributed by atoms with van der Waals surface area (Å²) in [5, 5.41) is 2.44. The van der Waals surface area contributed by atoms with Crippen molar-refractivity contribution in [3.8, 4) is 0 Å². The van der Waals surface area contributed by atoms with Gasteiger partial charge in [-0.25, -0.2) is 18.1 Å². The second kappa shape index (κ2) is 4.69. The van der Waals surface area contributed by atoms with Crippen molar-refractivity contribution in [1.29, 1.82) is 0 Å². The van der Waals surface area contributed by atoms with Gasteiger partial charge in [0.25, 0.3) is 10.0 Å². The minimum Gasteiger partial charge on any atom is -0.315 e. The molecule has 0 amide bonds. The summed E-state index contributed by atoms with van der Waals surface area (Å²) in [6.45, 7) is 1.68. The Kier molecular flexibility index (Phi) is 3.43. The molecule has 9 heteroatoms. The Labute approximate surface area is 105 Å². The summed E-state index contributed by atoms with van der Waals surface area (Å²) in [5.41, 5.74) is 0.353. The number of aryl methyl sites for hydroxylation is 1. The van der Waals surface area contributed by atoms with E-state index in [2.05, 4.69) is 14.7 Å². The Balaban J connectivity index is 2.20. The lowest BCUT2D eigenvalue weighted by molar-refractivity contribution is 0.582. The van der Waals surface area contributed by atoms with Crippen LogP contribution in [0.5, 0.6) is 0 Å². The van der Waals surface area contributed by atoms with Crippen LogP contribution in [0.4, 0.5) is 0 Å². The molecule has 0 saturated heterocycles. The molecular weight excluding hydrogens is 282 g/mol. The van der Waals surface area contributed by atoms with E-state index >= 15 is 0 Å². The molecule has 6 nitrogen and oxygen atoms in total. The van der Waals surface area contributed by atoms with E-state index in [0.29, 0.717) is 22.0 Å². The maximum absolute atomic E-state index is 11.9. The monoisotopic (exact) mass is 291 g/mol. The van der Waals surface area contributed by atoms with Crippen LogP contribution >= 0.6 is 22.7 Å². The number of hydrogen-bond acceptors (Lipinski definition) is 6. The van der Waals surface area contributed by atoms with Crippen LogP contribution in [-0.4, -0.2) is 18.4 Å². The Morgan fingerprint density at radius 1 is 1.53 bits per heavy atom. The van der Waals surface area contributed by atoms with Gasteiger partial charge in [0.15, 0.2) is 4.21 Å². The van der Waals surface area contributed by atoms with Crippen LogP contribution in [0.3, 0.4) is 0 Å². The Bertz CT molecular complexity index is 654. The van der Waals surface area contributed by atoms with Gasteiger partial charge >= 0.3 is 4.87 Å². The number of aromatic amines is 1. The Morgan fingerprint density at radius 2 is 2.29 bits per heavy atom. The van der Waals surface area contributed by atoms with E-state index in [1.165, 1.54) is 11.3 Å². The smallest absolute Gasteiger partial charge is 0.305 e. The summed E-state index contributed by atoms with van der Waals surface area (Å²) in [7, 11) is -3.64. The normalized spacial score (nSPS) is 11.8. The van der Waals surface area contributed by atoms with Gasteiger partial charge in [-0.05, 0) is 6.92 Å². The predicted octanol–water partition coefficient (Wildman–Crippen LogP) is 0.680. The minimum atomic E-state index is -3.64. The first-order valence-electron chi connectivity index (χ1n) is 4.57. The van der Waals surface area contributed by atoms with Gasteiger partial charge in [-0.3, -0.25) is 4.79 Å². The number of aromatic nitrogens is 2. The number of sulfonamides is 1. The van der Waals surface area contributed by atoms with Crippen LogP contribution in [0, 0.1) is 6.92 Å². The molecular formula is C8H9N3O3S3. The zero-order valence-electron chi connectivity index (χ0n) is 8.76. The summed E-state index contributed by atoms with van der Waals surface area (Å²) in [4.78, 5) is 17.1. The molecule has 0 unspecified atom stereocenters. The Morgan fingerprint density at radius 3 is 2.82 bits per heavy atom. The van der Waals surface area contributed by atoms with Crippen molar-refractivity contribution < 1.29 is 8.42 Å². The molecule has 2 heterocycles. The zero-order valence-corrected chi connectivity index (χ0v) is 11.2. The van der Waals surface area contributed by atoms with Crippen LogP contribution in [0.25, 0.3) is 0 Å². The molecule has 0 aromatic carbocycles. The molecule has 0 bridgehead atoms. The fraction of sp³-hybridized carbons (Fsp3) is 0.250. The number of nitrogens with zero attached hydrogens (tertiary/aromatic N) is 1. The minimum absolute atomic E-state index is 0.0269. The van der Waals surface area contributed by atoms with Gasteiger partial charge in [0.2, 0.25) is 0 Å². The van der Waals surface area contributed by atoms with Crippen molar-refractivity contribution >= 4 is 32.7 Å². The molecule has 2 N–H and O–H groups in total. The van der Waals surface area contributed by atoms with E-state index in [9.17, 15) is 13.2 Å². The largest absolute Gasteiger partial charge is 0.315 e. The molecule has 0 fully saturated rings. The molecule has 0 aliphatic carbocycles. The molecule has 0 aliphatic heterocycles. The second-order valence-corrected chi connectivity index (χ2v) is 7.10. The van der Waals surface area contributed by atoms with Crippen LogP contribution in [-0.2, 0) is 16.6 Å². The topological polar surface area (TPSA) is 91.9 Å². The highest BCUT2D eigenvalue weighted by molar-refractivity contribution is 7.91. The van der Waals surface area contributed by atoms with Gasteiger partial charge in [-0.15, -0.1) is 11.3 Å². The maximum atomic E-state index is 11.9. The highest BCUT2D eigenvalue weighted by Gasteiger charge is 2.20. The number of rotatable bonds is 4. The van der Waals surface area contributed by atoms with Crippen molar-refractivity contribution in [2.24, 2.45) is 0 Å². The standard InChI is InChI=1S/C8H9N3O3S3/c1-5-7(16-8(12)11-5)17(13,14)10-4-6-9-2-3-15-6/h2-3,10H,4H2,1H3,(H,11,12). The summed E-state index contributed by atoms with van der Waals surface area (Å²) in [6.07, 6.45) is 1.61. The lowest BCUT2D eigenvalue weighted by Crippen LogP contribution is -2.23. The van der Waals surface area contributed by atoms with Crippen LogP contribution in [0.15, 0.2) is 20.6 Å². The first-order valence-corrected chi connectivity index (χ1v) is 7.75. The zero-order chi connectivity index (χ0) is 12.5. The average molecular weight is 291 g/mol. The third kappa shape index (κ3) is 2.80. The third-order valence-corrected chi connectivity index (χ3v) is 5.71. The van der Waals surface area contributed by atoms with Crippen molar-refractivity contribution in [2.75, 3.05) is 0 Å². The predicted molar refractivity (Wildman–Crippen MR) is 65.8 cm³/mol. The van der Waals surface area contributed by atoms with Gasteiger partial charge in [-0.1, -0.05) is 11.3 Å². The van der Waals surface area contributed by atoms with Crippen LogP contribution < -0.4 is 9.60 Å². The lowest BCUT2D eigenvalue weighted by atomic mass is 10.6. The SMILES string of the molecule is Cc1[nH]c(=O)sc1S(=O)(=O)NCc1nccs1. The number of nitrogens with one attached hydrogen (secondary N) is 2. The molecule has 0 radical (unpaired) electrons. The second-order valence-electron chi connectivity index (χ2n) is 3.18. The molecule has 0 saturated carbocycles. The molecule has 17 heavy (non-hydrogen) atoms. The lowest BCUT2D eigenvalue weighted by Gasteiger charge is -2.02. The van der Waals surface area contributed by atoms with Gasteiger partial charge in [0.1, 0.15) is 5.01 Å². The van der Waals surface area contributed by atoms with Crippen molar-refractivity contribution in [2.45, 2.75) is 17.7 Å². The van der Waals surface area contributed by atoms with E-state index in [1.54, 1.807) is 18.5 Å². The van der Waals surface area contributed by atoms with E-state index < -0.39 is 10.0 Å². The fourth-order valence-corrected chi connectivity index (χ4v) is 4.19. The fourth-order valence-electron chi connectivity index (χ4n) is 1.21. The Hall–Kier alpha value is -1.03. The average Bonchev–Trinajstić information content (AvgIpc) is 2.85. The molecule has 2 aromatic rings.